The monoisotopic (exact) mass is 252 g/mol. The molecule has 6 heteroatoms. The smallest absolute Gasteiger partial charge is 0.337 e. The minimum absolute atomic E-state index is 0.0135. The van der Waals surface area contributed by atoms with Gasteiger partial charge >= 0.3 is 5.97 Å². The molecule has 1 fully saturated rings. The molecule has 1 amide bonds. The molecule has 1 N–H and O–H groups in total. The number of thiol groups is 1. The van der Waals surface area contributed by atoms with Gasteiger partial charge < -0.3 is 5.11 Å². The van der Waals surface area contributed by atoms with E-state index in [1.165, 1.54) is 12.3 Å². The molecule has 2 heterocycles. The highest BCUT2D eigenvalue weighted by Gasteiger charge is 2.30. The topological polar surface area (TPSA) is 70.5 Å². The normalized spacial score (nSPS) is 19.7. The van der Waals surface area contributed by atoms with Crippen LogP contribution in [0.5, 0.6) is 0 Å². The largest absolute Gasteiger partial charge is 0.478 e. The Morgan fingerprint density at radius 3 is 2.82 bits per heavy atom. The van der Waals surface area contributed by atoms with Gasteiger partial charge in [0.05, 0.1) is 5.56 Å². The Morgan fingerprint density at radius 2 is 2.35 bits per heavy atom. The highest BCUT2D eigenvalue weighted by atomic mass is 32.1. The number of hydrogen-bond acceptors (Lipinski definition) is 4. The maximum absolute atomic E-state index is 11.7. The molecular formula is C11H12N2O3S. The van der Waals surface area contributed by atoms with E-state index in [1.807, 2.05) is 0 Å². The van der Waals surface area contributed by atoms with Gasteiger partial charge in [-0.25, -0.2) is 9.78 Å². The Morgan fingerprint density at radius 1 is 1.59 bits per heavy atom. The Labute approximate surface area is 104 Å². The first-order valence-corrected chi connectivity index (χ1v) is 5.85. The molecule has 1 unspecified atom stereocenters. The molecule has 0 aliphatic carbocycles. The van der Waals surface area contributed by atoms with E-state index in [2.05, 4.69) is 17.6 Å². The lowest BCUT2D eigenvalue weighted by atomic mass is 10.1. The lowest BCUT2D eigenvalue weighted by molar-refractivity contribution is -0.117. The summed E-state index contributed by atoms with van der Waals surface area (Å²) in [5, 5.41) is 8.74. The van der Waals surface area contributed by atoms with Crippen molar-refractivity contribution in [1.82, 2.24) is 4.98 Å². The highest BCUT2D eigenvalue weighted by Crippen LogP contribution is 2.24. The van der Waals surface area contributed by atoms with Crippen molar-refractivity contribution in [3.05, 3.63) is 23.9 Å². The van der Waals surface area contributed by atoms with Gasteiger partial charge in [-0.1, -0.05) is 0 Å². The van der Waals surface area contributed by atoms with Crippen LogP contribution in [0.2, 0.25) is 0 Å². The van der Waals surface area contributed by atoms with E-state index in [0.29, 0.717) is 24.5 Å². The first-order chi connectivity index (χ1) is 8.11. The summed E-state index contributed by atoms with van der Waals surface area (Å²) in [6.45, 7) is 0.599. The first-order valence-electron chi connectivity index (χ1n) is 5.22. The molecule has 90 valence electrons. The van der Waals surface area contributed by atoms with E-state index >= 15 is 0 Å². The first kappa shape index (κ1) is 11.9. The van der Waals surface area contributed by atoms with Crippen LogP contribution in [-0.4, -0.2) is 34.3 Å². The average molecular weight is 252 g/mol. The van der Waals surface area contributed by atoms with E-state index in [1.54, 1.807) is 11.0 Å². The van der Waals surface area contributed by atoms with Crippen molar-refractivity contribution < 1.29 is 14.7 Å². The molecule has 1 atom stereocenters. The van der Waals surface area contributed by atoms with E-state index in [-0.39, 0.29) is 17.4 Å². The summed E-state index contributed by atoms with van der Waals surface area (Å²) in [6.07, 6.45) is 1.74. The maximum Gasteiger partial charge on any atom is 0.337 e. The van der Waals surface area contributed by atoms with Crippen LogP contribution in [0.15, 0.2) is 18.3 Å². The number of carbonyl (C=O) groups excluding carboxylic acids is 1. The summed E-state index contributed by atoms with van der Waals surface area (Å²) in [5.41, 5.74) is 0.117. The van der Waals surface area contributed by atoms with Crippen LogP contribution in [0.4, 0.5) is 5.82 Å². The number of aromatic nitrogens is 1. The fraction of sp³-hybridized carbons (Fsp3) is 0.364. The molecule has 0 spiro atoms. The molecule has 1 aliphatic heterocycles. The number of carbonyl (C=O) groups is 2. The number of pyridine rings is 1. The van der Waals surface area contributed by atoms with Crippen LogP contribution >= 0.6 is 12.6 Å². The van der Waals surface area contributed by atoms with Crippen molar-refractivity contribution in [2.75, 3.05) is 17.2 Å². The summed E-state index contributed by atoms with van der Waals surface area (Å²) in [7, 11) is 0. The van der Waals surface area contributed by atoms with Gasteiger partial charge in [0.25, 0.3) is 0 Å². The Kier molecular flexibility index (Phi) is 3.33. The molecule has 1 saturated heterocycles. The Balaban J connectivity index is 2.18. The number of amides is 1. The van der Waals surface area contributed by atoms with Crippen molar-refractivity contribution in [2.45, 2.75) is 6.42 Å². The quantitative estimate of drug-likeness (QED) is 0.789. The predicted molar refractivity (Wildman–Crippen MR) is 65.5 cm³/mol. The van der Waals surface area contributed by atoms with Gasteiger partial charge in [-0.05, 0) is 23.8 Å². The van der Waals surface area contributed by atoms with Crippen molar-refractivity contribution in [3.63, 3.8) is 0 Å². The average Bonchev–Trinajstić information content (AvgIpc) is 2.71. The molecule has 5 nitrogen and oxygen atoms in total. The molecule has 0 radical (unpaired) electrons. The fourth-order valence-electron chi connectivity index (χ4n) is 1.80. The van der Waals surface area contributed by atoms with E-state index < -0.39 is 5.97 Å². The van der Waals surface area contributed by atoms with Crippen molar-refractivity contribution in [2.24, 2.45) is 5.92 Å². The zero-order valence-electron chi connectivity index (χ0n) is 9.04. The second kappa shape index (κ2) is 4.75. The lowest BCUT2D eigenvalue weighted by Crippen LogP contribution is -2.25. The van der Waals surface area contributed by atoms with Crippen LogP contribution in [0, 0.1) is 5.92 Å². The molecule has 0 bridgehead atoms. The second-order valence-corrected chi connectivity index (χ2v) is 4.33. The molecule has 2 rings (SSSR count). The maximum atomic E-state index is 11.7. The summed E-state index contributed by atoms with van der Waals surface area (Å²) < 4.78 is 0. The number of carboxylic acid groups (broad SMARTS) is 1. The van der Waals surface area contributed by atoms with Gasteiger partial charge in [0.1, 0.15) is 5.82 Å². The Hall–Kier alpha value is -1.56. The van der Waals surface area contributed by atoms with Crippen molar-refractivity contribution >= 4 is 30.3 Å². The molecule has 0 saturated carbocycles. The van der Waals surface area contributed by atoms with Crippen LogP contribution in [0.3, 0.4) is 0 Å². The number of hydrogen-bond donors (Lipinski definition) is 2. The number of rotatable bonds is 3. The number of anilines is 1. The summed E-state index contributed by atoms with van der Waals surface area (Å²) in [6, 6.07) is 3.01. The van der Waals surface area contributed by atoms with Gasteiger partial charge in [-0.2, -0.15) is 12.6 Å². The number of carboxylic acids is 1. The standard InChI is InChI=1S/C11H12N2O3S/c14-10-3-7(6-17)5-13(10)9-2-1-8(4-12-9)11(15)16/h1-2,4,7,17H,3,5-6H2,(H,15,16). The van der Waals surface area contributed by atoms with Gasteiger partial charge in [0.15, 0.2) is 0 Å². The summed E-state index contributed by atoms with van der Waals surface area (Å²) in [4.78, 5) is 27.9. The van der Waals surface area contributed by atoms with Crippen LogP contribution in [0.25, 0.3) is 0 Å². The van der Waals surface area contributed by atoms with Crippen LogP contribution in [-0.2, 0) is 4.79 Å². The molecule has 1 aromatic rings. The lowest BCUT2D eigenvalue weighted by Gasteiger charge is -2.15. The SMILES string of the molecule is O=C(O)c1ccc(N2CC(CS)CC2=O)nc1. The van der Waals surface area contributed by atoms with Gasteiger partial charge in [0.2, 0.25) is 5.91 Å². The van der Waals surface area contributed by atoms with Gasteiger partial charge in [-0.3, -0.25) is 9.69 Å². The fourth-order valence-corrected chi connectivity index (χ4v) is 2.04. The minimum Gasteiger partial charge on any atom is -0.478 e. The van der Waals surface area contributed by atoms with Gasteiger partial charge in [0, 0.05) is 19.2 Å². The third kappa shape index (κ3) is 2.41. The number of nitrogens with zero attached hydrogens (tertiary/aromatic N) is 2. The zero-order chi connectivity index (χ0) is 12.4. The van der Waals surface area contributed by atoms with Crippen molar-refractivity contribution in [1.29, 1.82) is 0 Å². The van der Waals surface area contributed by atoms with E-state index in [9.17, 15) is 9.59 Å². The second-order valence-electron chi connectivity index (χ2n) is 3.97. The molecule has 1 aromatic heterocycles. The third-order valence-corrected chi connectivity index (χ3v) is 3.25. The van der Waals surface area contributed by atoms with Crippen LogP contribution in [0.1, 0.15) is 16.8 Å². The van der Waals surface area contributed by atoms with Crippen LogP contribution < -0.4 is 4.90 Å². The number of aromatic carboxylic acids is 1. The predicted octanol–water partition coefficient (Wildman–Crippen LogP) is 1.06. The van der Waals surface area contributed by atoms with Crippen molar-refractivity contribution in [3.8, 4) is 0 Å². The van der Waals surface area contributed by atoms with Gasteiger partial charge in [-0.15, -0.1) is 0 Å². The Bertz CT molecular complexity index is 447. The zero-order valence-corrected chi connectivity index (χ0v) is 9.93. The van der Waals surface area contributed by atoms with E-state index in [4.69, 9.17) is 5.11 Å². The third-order valence-electron chi connectivity index (χ3n) is 2.73. The van der Waals surface area contributed by atoms with E-state index in [0.717, 1.165) is 0 Å². The summed E-state index contributed by atoms with van der Waals surface area (Å²) >= 11 is 4.18. The molecular weight excluding hydrogens is 240 g/mol. The molecule has 0 aromatic carbocycles. The summed E-state index contributed by atoms with van der Waals surface area (Å²) in [5.74, 6) is 0.399. The molecule has 1 aliphatic rings. The molecule has 17 heavy (non-hydrogen) atoms. The highest BCUT2D eigenvalue weighted by molar-refractivity contribution is 7.80. The minimum atomic E-state index is -1.02.